The SMILES string of the molecule is CCOc1ccc(NC(=O)c2ccccc2N2C(=O)[C@@H]3Cc4c([nH]c5ccccc45)[C@H](c4ccc(C)cc4)N3C2=O)cc1. The van der Waals surface area contributed by atoms with E-state index in [9.17, 15) is 14.4 Å². The van der Waals surface area contributed by atoms with Crippen LogP contribution in [0.3, 0.4) is 0 Å². The Morgan fingerprint density at radius 3 is 2.42 bits per heavy atom. The van der Waals surface area contributed by atoms with Crippen molar-refractivity contribution in [3.8, 4) is 5.75 Å². The fourth-order valence-electron chi connectivity index (χ4n) is 6.25. The predicted octanol–water partition coefficient (Wildman–Crippen LogP) is 6.61. The summed E-state index contributed by atoms with van der Waals surface area (Å²) in [5.41, 5.74) is 5.99. The van der Waals surface area contributed by atoms with Gasteiger partial charge in [-0.3, -0.25) is 14.5 Å². The number of imide groups is 1. The van der Waals surface area contributed by atoms with Crippen LogP contribution >= 0.6 is 0 Å². The number of nitrogens with zero attached hydrogens (tertiary/aromatic N) is 2. The van der Waals surface area contributed by atoms with E-state index in [1.165, 1.54) is 4.90 Å². The zero-order valence-electron chi connectivity index (χ0n) is 23.8. The third-order valence-corrected chi connectivity index (χ3v) is 8.25. The molecule has 1 saturated heterocycles. The molecule has 4 amide bonds. The Balaban J connectivity index is 1.27. The van der Waals surface area contributed by atoms with Gasteiger partial charge in [-0.25, -0.2) is 9.69 Å². The quantitative estimate of drug-likeness (QED) is 0.225. The van der Waals surface area contributed by atoms with E-state index < -0.39 is 24.0 Å². The summed E-state index contributed by atoms with van der Waals surface area (Å²) in [6, 6.07) is 28.2. The second kappa shape index (κ2) is 10.5. The Bertz CT molecular complexity index is 1880. The summed E-state index contributed by atoms with van der Waals surface area (Å²) in [6.07, 6.45) is 0.378. The molecule has 7 rings (SSSR count). The van der Waals surface area contributed by atoms with Crippen LogP contribution in [-0.4, -0.2) is 40.4 Å². The molecule has 0 saturated carbocycles. The van der Waals surface area contributed by atoms with Gasteiger partial charge in [-0.15, -0.1) is 0 Å². The number of aromatic amines is 1. The number of fused-ring (bicyclic) bond motifs is 4. The highest BCUT2D eigenvalue weighted by Crippen LogP contribution is 2.45. The molecule has 0 spiro atoms. The zero-order chi connectivity index (χ0) is 29.7. The first kappa shape index (κ1) is 26.5. The van der Waals surface area contributed by atoms with Gasteiger partial charge in [0.2, 0.25) is 0 Å². The summed E-state index contributed by atoms with van der Waals surface area (Å²) in [7, 11) is 0. The minimum atomic E-state index is -0.715. The number of para-hydroxylation sites is 2. The maximum atomic E-state index is 14.3. The third-order valence-electron chi connectivity index (χ3n) is 8.25. The van der Waals surface area contributed by atoms with Gasteiger partial charge in [0.05, 0.1) is 17.9 Å². The van der Waals surface area contributed by atoms with Crippen molar-refractivity contribution in [2.24, 2.45) is 0 Å². The van der Waals surface area contributed by atoms with Crippen LogP contribution in [0.2, 0.25) is 0 Å². The normalized spacial score (nSPS) is 17.6. The molecule has 2 aliphatic rings. The van der Waals surface area contributed by atoms with E-state index in [1.54, 1.807) is 53.4 Å². The standard InChI is InChI=1S/C35H30N4O4/c1-3-43-24-18-16-23(17-19-24)36-33(40)26-9-5-7-11-29(26)39-34(41)30-20-27-25-8-4-6-10-28(25)37-31(27)32(38(30)35(39)42)22-14-12-21(2)13-15-22/h4-19,30,32,37H,3,20H2,1-2H3,(H,36,40)/t30-,32-/m0/s1. The van der Waals surface area contributed by atoms with Crippen LogP contribution in [0, 0.1) is 6.92 Å². The Morgan fingerprint density at radius 1 is 0.930 bits per heavy atom. The van der Waals surface area contributed by atoms with Crippen LogP contribution in [0.1, 0.15) is 45.7 Å². The zero-order valence-corrected chi connectivity index (χ0v) is 23.8. The van der Waals surface area contributed by atoms with Gasteiger partial charge < -0.3 is 15.0 Å². The van der Waals surface area contributed by atoms with Crippen molar-refractivity contribution in [2.45, 2.75) is 32.4 Å². The van der Waals surface area contributed by atoms with Crippen molar-refractivity contribution < 1.29 is 19.1 Å². The molecule has 2 atom stereocenters. The van der Waals surface area contributed by atoms with E-state index in [4.69, 9.17) is 4.74 Å². The number of aryl methyl sites for hydroxylation is 1. The van der Waals surface area contributed by atoms with Gasteiger partial charge in [-0.05, 0) is 67.4 Å². The predicted molar refractivity (Wildman–Crippen MR) is 166 cm³/mol. The van der Waals surface area contributed by atoms with Crippen LogP contribution in [0.15, 0.2) is 97.1 Å². The number of hydrogen-bond acceptors (Lipinski definition) is 4. The Hall–Kier alpha value is -5.37. The summed E-state index contributed by atoms with van der Waals surface area (Å²) in [6.45, 7) is 4.46. The smallest absolute Gasteiger partial charge is 0.332 e. The lowest BCUT2D eigenvalue weighted by atomic mass is 9.88. The second-order valence-corrected chi connectivity index (χ2v) is 10.9. The summed E-state index contributed by atoms with van der Waals surface area (Å²) in [4.78, 5) is 48.4. The molecule has 8 heteroatoms. The van der Waals surface area contributed by atoms with Crippen LogP contribution < -0.4 is 15.0 Å². The van der Waals surface area contributed by atoms with Gasteiger partial charge in [-0.1, -0.05) is 60.2 Å². The van der Waals surface area contributed by atoms with Crippen LogP contribution in [0.25, 0.3) is 10.9 Å². The van der Waals surface area contributed by atoms with Crippen molar-refractivity contribution in [1.29, 1.82) is 0 Å². The number of nitrogens with one attached hydrogen (secondary N) is 2. The molecule has 1 fully saturated rings. The number of carbonyl (C=O) groups is 3. The Kier molecular flexibility index (Phi) is 6.46. The number of H-pyrrole nitrogens is 1. The third kappa shape index (κ3) is 4.43. The molecule has 2 N–H and O–H groups in total. The van der Waals surface area contributed by atoms with Gasteiger partial charge in [-0.2, -0.15) is 0 Å². The number of hydrogen-bond donors (Lipinski definition) is 2. The fourth-order valence-corrected chi connectivity index (χ4v) is 6.25. The average molecular weight is 571 g/mol. The molecule has 5 aromatic rings. The molecule has 0 bridgehead atoms. The molecule has 2 aliphatic heterocycles. The number of amides is 4. The number of urea groups is 1. The molecule has 0 radical (unpaired) electrons. The van der Waals surface area contributed by atoms with E-state index in [0.717, 1.165) is 33.3 Å². The van der Waals surface area contributed by atoms with E-state index in [0.29, 0.717) is 24.5 Å². The number of benzene rings is 4. The van der Waals surface area contributed by atoms with Crippen molar-refractivity contribution in [3.63, 3.8) is 0 Å². The molecule has 4 aromatic carbocycles. The van der Waals surface area contributed by atoms with E-state index >= 15 is 0 Å². The van der Waals surface area contributed by atoms with Crippen LogP contribution in [-0.2, 0) is 11.2 Å². The number of rotatable bonds is 6. The summed E-state index contributed by atoms with van der Waals surface area (Å²) >= 11 is 0. The maximum absolute atomic E-state index is 14.3. The molecule has 1 aromatic heterocycles. The molecule has 43 heavy (non-hydrogen) atoms. The highest BCUT2D eigenvalue weighted by atomic mass is 16.5. The minimum absolute atomic E-state index is 0.230. The number of aromatic nitrogens is 1. The monoisotopic (exact) mass is 570 g/mol. The van der Waals surface area contributed by atoms with E-state index in [1.807, 2.05) is 62.4 Å². The van der Waals surface area contributed by atoms with Crippen LogP contribution in [0.4, 0.5) is 16.2 Å². The average Bonchev–Trinajstić information content (AvgIpc) is 3.51. The van der Waals surface area contributed by atoms with Gasteiger partial charge in [0.15, 0.2) is 0 Å². The van der Waals surface area contributed by atoms with Crippen molar-refractivity contribution in [2.75, 3.05) is 16.8 Å². The van der Waals surface area contributed by atoms with Crippen molar-refractivity contribution in [1.82, 2.24) is 9.88 Å². The highest BCUT2D eigenvalue weighted by Gasteiger charge is 2.53. The molecule has 3 heterocycles. The second-order valence-electron chi connectivity index (χ2n) is 10.9. The van der Waals surface area contributed by atoms with Crippen molar-refractivity contribution >= 4 is 40.1 Å². The summed E-state index contributed by atoms with van der Waals surface area (Å²) in [5.74, 6) is -0.0672. The number of anilines is 2. The number of ether oxygens (including phenoxy) is 1. The van der Waals surface area contributed by atoms with Gasteiger partial charge in [0.25, 0.3) is 11.8 Å². The fraction of sp³-hybridized carbons (Fsp3) is 0.171. The van der Waals surface area contributed by atoms with Gasteiger partial charge >= 0.3 is 6.03 Å². The van der Waals surface area contributed by atoms with Gasteiger partial charge in [0.1, 0.15) is 17.8 Å². The lowest BCUT2D eigenvalue weighted by Gasteiger charge is -2.36. The molecule has 0 aliphatic carbocycles. The topological polar surface area (TPSA) is 94.7 Å². The molecular weight excluding hydrogens is 540 g/mol. The molecule has 214 valence electrons. The van der Waals surface area contributed by atoms with Crippen LogP contribution in [0.5, 0.6) is 5.75 Å². The molecule has 0 unspecified atom stereocenters. The lowest BCUT2D eigenvalue weighted by molar-refractivity contribution is -0.120. The lowest BCUT2D eigenvalue weighted by Crippen LogP contribution is -2.44. The Morgan fingerprint density at radius 2 is 1.65 bits per heavy atom. The summed E-state index contributed by atoms with van der Waals surface area (Å²) in [5, 5.41) is 3.94. The first-order valence-electron chi connectivity index (χ1n) is 14.4. The maximum Gasteiger partial charge on any atom is 0.332 e. The number of carbonyl (C=O) groups excluding carboxylic acids is 3. The Labute approximate surface area is 248 Å². The minimum Gasteiger partial charge on any atom is -0.494 e. The highest BCUT2D eigenvalue weighted by molar-refractivity contribution is 6.24. The van der Waals surface area contributed by atoms with Gasteiger partial charge in [0, 0.05) is 28.7 Å². The largest absolute Gasteiger partial charge is 0.494 e. The molecule has 8 nitrogen and oxygen atoms in total. The first-order chi connectivity index (χ1) is 20.9. The van der Waals surface area contributed by atoms with E-state index in [2.05, 4.69) is 10.3 Å². The molecular formula is C35H30N4O4. The first-order valence-corrected chi connectivity index (χ1v) is 14.4. The van der Waals surface area contributed by atoms with Crippen molar-refractivity contribution in [3.05, 3.63) is 125 Å². The van der Waals surface area contributed by atoms with E-state index in [-0.39, 0.29) is 17.2 Å². The summed E-state index contributed by atoms with van der Waals surface area (Å²) < 4.78 is 5.49.